The predicted octanol–water partition coefficient (Wildman–Crippen LogP) is 6.27. The lowest BCUT2D eigenvalue weighted by Crippen LogP contribution is -2.61. The largest absolute Gasteiger partial charge is 0.511 e. The van der Waals surface area contributed by atoms with Crippen molar-refractivity contribution in [1.82, 2.24) is 31.4 Å². The van der Waals surface area contributed by atoms with E-state index in [9.17, 15) is 28.8 Å². The van der Waals surface area contributed by atoms with Crippen LogP contribution in [0, 0.1) is 22.7 Å². The number of nitrogens with zero attached hydrogens (tertiary/aromatic N) is 2. The fourth-order valence-corrected chi connectivity index (χ4v) is 6.83. The van der Waals surface area contributed by atoms with E-state index in [4.69, 9.17) is 29.4 Å². The Kier molecular flexibility index (Phi) is 21.0. The smallest absolute Gasteiger partial charge is 0.453 e. The van der Waals surface area contributed by atoms with Crippen LogP contribution >= 0.6 is 0 Å². The quantitative estimate of drug-likeness (QED) is 0.0343. The van der Waals surface area contributed by atoms with E-state index in [2.05, 4.69) is 26.4 Å². The summed E-state index contributed by atoms with van der Waals surface area (Å²) < 4.78 is 27.2. The zero-order valence-electron chi connectivity index (χ0n) is 40.9. The average Bonchev–Trinajstić information content (AvgIpc) is 3.26. The molecule has 0 radical (unpaired) electrons. The first-order valence-corrected chi connectivity index (χ1v) is 22.3. The molecule has 18 nitrogen and oxygen atoms in total. The molecule has 4 amide bonds. The molecule has 0 aliphatic rings. The van der Waals surface area contributed by atoms with E-state index >= 15 is 0 Å². The van der Waals surface area contributed by atoms with Crippen LogP contribution in [0.25, 0.3) is 11.3 Å². The van der Waals surface area contributed by atoms with Gasteiger partial charge >= 0.3 is 24.3 Å². The van der Waals surface area contributed by atoms with Gasteiger partial charge in [0.05, 0.1) is 32.5 Å². The number of rotatable bonds is 21. The van der Waals surface area contributed by atoms with Gasteiger partial charge in [-0.2, -0.15) is 0 Å². The fourth-order valence-electron chi connectivity index (χ4n) is 6.83. The third kappa shape index (κ3) is 18.5. The number of carbonyl (C=O) groups is 6. The number of hydrogen-bond donors (Lipinski definition) is 5. The molecular weight excluding hydrogens is 863 g/mol. The van der Waals surface area contributed by atoms with Crippen LogP contribution in [0.2, 0.25) is 0 Å². The normalized spacial score (nSPS) is 14.4. The van der Waals surface area contributed by atoms with Crippen LogP contribution in [0.1, 0.15) is 86.8 Å². The van der Waals surface area contributed by atoms with Gasteiger partial charge in [0.1, 0.15) is 24.2 Å². The van der Waals surface area contributed by atoms with E-state index in [1.807, 2.05) is 86.6 Å². The first kappa shape index (κ1) is 55.1. The number of amides is 4. The van der Waals surface area contributed by atoms with E-state index in [-0.39, 0.29) is 25.4 Å². The number of pyridine rings is 1. The summed E-state index contributed by atoms with van der Waals surface area (Å²) in [5.74, 6) is -2.49. The Bertz CT molecular complexity index is 2060. The lowest BCUT2D eigenvalue weighted by molar-refractivity contribution is -0.183. The van der Waals surface area contributed by atoms with Crippen molar-refractivity contribution in [3.63, 3.8) is 0 Å². The maximum Gasteiger partial charge on any atom is 0.511 e. The van der Waals surface area contributed by atoms with Crippen molar-refractivity contribution in [1.29, 1.82) is 0 Å². The Morgan fingerprint density at radius 3 is 1.76 bits per heavy atom. The minimum absolute atomic E-state index is 0.0126. The van der Waals surface area contributed by atoms with Crippen LogP contribution in [-0.2, 0) is 51.0 Å². The van der Waals surface area contributed by atoms with Crippen molar-refractivity contribution < 1.29 is 52.5 Å². The molecule has 0 saturated heterocycles. The molecule has 0 bridgehead atoms. The molecule has 0 fully saturated rings. The Hall–Kier alpha value is -6.27. The molecular formula is C49H71N7O11. The average molecular weight is 934 g/mol. The molecule has 0 aliphatic carbocycles. The Morgan fingerprint density at radius 2 is 1.25 bits per heavy atom. The van der Waals surface area contributed by atoms with Crippen molar-refractivity contribution in [2.45, 2.75) is 125 Å². The van der Waals surface area contributed by atoms with Gasteiger partial charge < -0.3 is 45.4 Å². The summed E-state index contributed by atoms with van der Waals surface area (Å²) in [5.41, 5.74) is 10.4. The van der Waals surface area contributed by atoms with Crippen molar-refractivity contribution >= 4 is 36.1 Å². The lowest BCUT2D eigenvalue weighted by Gasteiger charge is -2.37. The van der Waals surface area contributed by atoms with E-state index in [0.29, 0.717) is 12.0 Å². The van der Waals surface area contributed by atoms with Crippen molar-refractivity contribution in [3.05, 3.63) is 90.1 Å². The molecule has 6 N–H and O–H groups in total. The summed E-state index contributed by atoms with van der Waals surface area (Å²) in [5, 5.41) is 9.74. The van der Waals surface area contributed by atoms with Gasteiger partial charge in [-0.15, -0.1) is 0 Å². The number of ether oxygens (including phenoxy) is 5. The number of esters is 1. The molecule has 2 aromatic carbocycles. The highest BCUT2D eigenvalue weighted by molar-refractivity contribution is 5.87. The maximum absolute atomic E-state index is 14.4. The third-order valence-corrected chi connectivity index (χ3v) is 10.4. The van der Waals surface area contributed by atoms with Crippen molar-refractivity contribution in [3.8, 4) is 11.3 Å². The van der Waals surface area contributed by atoms with Gasteiger partial charge in [-0.1, -0.05) is 130 Å². The summed E-state index contributed by atoms with van der Waals surface area (Å²) in [4.78, 5) is 85.5. The van der Waals surface area contributed by atoms with Gasteiger partial charge in [0.2, 0.25) is 5.91 Å². The van der Waals surface area contributed by atoms with Crippen LogP contribution in [0.4, 0.5) is 14.4 Å². The van der Waals surface area contributed by atoms with Crippen LogP contribution in [-0.4, -0.2) is 103 Å². The second-order valence-corrected chi connectivity index (χ2v) is 19.3. The van der Waals surface area contributed by atoms with Gasteiger partial charge in [0.15, 0.2) is 0 Å². The van der Waals surface area contributed by atoms with Crippen molar-refractivity contribution in [2.24, 2.45) is 28.4 Å². The predicted molar refractivity (Wildman–Crippen MR) is 251 cm³/mol. The SMILES string of the molecule is COC(=O)N[C@H](C(=O)N[C@@H](Cc1ccccc1)[C@H](CN(Cc1ccc(-c2ccccn2)cc1)NC(=O)[C@@H](NC(=O)OC)C(C)(C)C)OC(=O)OC(OC(=O)[C@@H](N)CC(C)C)C(C)C)C(C)(C)C. The number of benzene rings is 2. The number of nitrogens with one attached hydrogen (secondary N) is 4. The molecule has 3 rings (SSSR count). The van der Waals surface area contributed by atoms with Gasteiger partial charge in [0, 0.05) is 24.2 Å². The van der Waals surface area contributed by atoms with Crippen LogP contribution in [0.5, 0.6) is 0 Å². The summed E-state index contributed by atoms with van der Waals surface area (Å²) in [6.45, 7) is 17.5. The highest BCUT2D eigenvalue weighted by Crippen LogP contribution is 2.24. The second-order valence-electron chi connectivity index (χ2n) is 19.3. The van der Waals surface area contributed by atoms with Gasteiger partial charge in [-0.05, 0) is 52.8 Å². The number of methoxy groups -OCH3 is 2. The summed E-state index contributed by atoms with van der Waals surface area (Å²) in [7, 11) is 2.37. The Morgan fingerprint density at radius 1 is 0.687 bits per heavy atom. The first-order valence-electron chi connectivity index (χ1n) is 22.3. The van der Waals surface area contributed by atoms with E-state index in [0.717, 1.165) is 16.8 Å². The monoisotopic (exact) mass is 934 g/mol. The number of nitrogens with two attached hydrogens (primary N) is 1. The summed E-state index contributed by atoms with van der Waals surface area (Å²) in [6, 6.07) is 17.8. The summed E-state index contributed by atoms with van der Waals surface area (Å²) >= 11 is 0. The zero-order chi connectivity index (χ0) is 50.1. The fraction of sp³-hybridized carbons (Fsp3) is 0.531. The molecule has 3 aromatic rings. The molecule has 368 valence electrons. The number of carbonyl (C=O) groups excluding carboxylic acids is 6. The lowest BCUT2D eigenvalue weighted by atomic mass is 9.85. The topological polar surface area (TPSA) is 239 Å². The molecule has 1 aromatic heterocycles. The van der Waals surface area contributed by atoms with E-state index in [1.54, 1.807) is 61.6 Å². The van der Waals surface area contributed by atoms with Gasteiger partial charge in [-0.3, -0.25) is 24.8 Å². The molecule has 1 heterocycles. The van der Waals surface area contributed by atoms with Crippen molar-refractivity contribution in [2.75, 3.05) is 20.8 Å². The summed E-state index contributed by atoms with van der Waals surface area (Å²) in [6.07, 6.45) is -3.61. The van der Waals surface area contributed by atoms with E-state index < -0.39 is 89.4 Å². The van der Waals surface area contributed by atoms with Crippen LogP contribution < -0.4 is 27.1 Å². The first-order chi connectivity index (χ1) is 31.4. The molecule has 18 heteroatoms. The molecule has 0 spiro atoms. The standard InChI is InChI=1S/C49H71N7O11/c1-30(2)26-35(50)43(59)66-44(31(3)4)67-47(62)65-38(37(27-32-18-14-13-15-19-32)52-41(57)39(48(5,6)7)53-45(60)63-11)29-56(55-42(58)40(49(8,9)10)54-46(61)64-12)28-33-21-23-34(24-22-33)36-20-16-17-25-51-36/h13-25,30-31,35,37-40,44H,26-29,50H2,1-12H3,(H,52,57)(H,53,60)(H,54,61)(H,55,58)/t35-,37-,38-,39+,40+,44?/m0/s1. The minimum atomic E-state index is -1.42. The van der Waals surface area contributed by atoms with Crippen LogP contribution in [0.3, 0.4) is 0 Å². The molecule has 0 saturated carbocycles. The number of alkyl carbamates (subject to hydrolysis) is 2. The minimum Gasteiger partial charge on any atom is -0.453 e. The van der Waals surface area contributed by atoms with E-state index in [1.165, 1.54) is 19.2 Å². The number of aromatic nitrogens is 1. The zero-order valence-corrected chi connectivity index (χ0v) is 40.9. The second kappa shape index (κ2) is 25.6. The number of hydrazine groups is 1. The molecule has 67 heavy (non-hydrogen) atoms. The highest BCUT2D eigenvalue weighted by Gasteiger charge is 2.39. The van der Waals surface area contributed by atoms with Gasteiger partial charge in [0.25, 0.3) is 12.2 Å². The molecule has 0 aliphatic heterocycles. The Labute approximate surface area is 394 Å². The van der Waals surface area contributed by atoms with Gasteiger partial charge in [-0.25, -0.2) is 19.4 Å². The third-order valence-electron chi connectivity index (χ3n) is 10.4. The Balaban J connectivity index is 2.21. The van der Waals surface area contributed by atoms with Crippen LogP contribution in [0.15, 0.2) is 79.0 Å². The number of hydrogen-bond acceptors (Lipinski definition) is 14. The molecule has 6 atom stereocenters. The maximum atomic E-state index is 14.4. The molecule has 1 unspecified atom stereocenters. The highest BCUT2D eigenvalue weighted by atomic mass is 16.8.